The van der Waals surface area contributed by atoms with E-state index in [4.69, 9.17) is 4.42 Å². The van der Waals surface area contributed by atoms with E-state index >= 15 is 0 Å². The second kappa shape index (κ2) is 6.06. The lowest BCUT2D eigenvalue weighted by molar-refractivity contribution is 0.467. The van der Waals surface area contributed by atoms with Gasteiger partial charge >= 0.3 is 0 Å². The van der Waals surface area contributed by atoms with Crippen LogP contribution in [-0.2, 0) is 0 Å². The van der Waals surface area contributed by atoms with Crippen molar-refractivity contribution in [2.75, 3.05) is 6.54 Å². The molecule has 2 aromatic heterocycles. The third-order valence-electron chi connectivity index (χ3n) is 3.56. The van der Waals surface area contributed by atoms with Gasteiger partial charge in [-0.15, -0.1) is 0 Å². The summed E-state index contributed by atoms with van der Waals surface area (Å²) in [4.78, 5) is 8.24. The summed E-state index contributed by atoms with van der Waals surface area (Å²) in [6.45, 7) is 5.12. The predicted octanol–water partition coefficient (Wildman–Crippen LogP) is 3.62. The van der Waals surface area contributed by atoms with E-state index in [1.165, 1.54) is 0 Å². The molecule has 2 heterocycles. The predicted molar refractivity (Wildman–Crippen MR) is 83.1 cm³/mol. The van der Waals surface area contributed by atoms with E-state index in [9.17, 15) is 0 Å². The Morgan fingerprint density at radius 3 is 2.76 bits per heavy atom. The number of benzene rings is 1. The molecule has 0 amide bonds. The van der Waals surface area contributed by atoms with Crippen LogP contribution in [0.2, 0.25) is 0 Å². The molecule has 1 atom stereocenters. The Bertz CT molecular complexity index is 721. The monoisotopic (exact) mass is 281 g/mol. The van der Waals surface area contributed by atoms with E-state index in [0.717, 1.165) is 40.8 Å². The molecule has 21 heavy (non-hydrogen) atoms. The molecule has 3 rings (SSSR count). The molecule has 4 nitrogen and oxygen atoms in total. The fourth-order valence-electron chi connectivity index (χ4n) is 2.50. The molecular formula is C17H19N3O. The molecule has 0 fully saturated rings. The van der Waals surface area contributed by atoms with Gasteiger partial charge in [0.25, 0.3) is 0 Å². The summed E-state index contributed by atoms with van der Waals surface area (Å²) in [5.74, 6) is 0.905. The molecule has 0 aliphatic heterocycles. The van der Waals surface area contributed by atoms with Gasteiger partial charge in [-0.25, -0.2) is 9.97 Å². The number of aromatic nitrogens is 2. The Morgan fingerprint density at radius 1 is 1.24 bits per heavy atom. The van der Waals surface area contributed by atoms with Crippen molar-refractivity contribution in [1.82, 2.24) is 15.3 Å². The van der Waals surface area contributed by atoms with Gasteiger partial charge < -0.3 is 9.73 Å². The topological polar surface area (TPSA) is 51.0 Å². The molecule has 0 radical (unpaired) electrons. The van der Waals surface area contributed by atoms with Crippen LogP contribution in [0.25, 0.3) is 11.0 Å². The van der Waals surface area contributed by atoms with Gasteiger partial charge in [0.05, 0.1) is 6.04 Å². The number of rotatable bonds is 5. The minimum atomic E-state index is -0.0158. The van der Waals surface area contributed by atoms with Crippen LogP contribution in [0.4, 0.5) is 0 Å². The van der Waals surface area contributed by atoms with E-state index in [0.29, 0.717) is 0 Å². The molecular weight excluding hydrogens is 262 g/mol. The van der Waals surface area contributed by atoms with E-state index in [1.54, 1.807) is 6.33 Å². The number of furan rings is 1. The van der Waals surface area contributed by atoms with Gasteiger partial charge in [0, 0.05) is 23.3 Å². The van der Waals surface area contributed by atoms with Gasteiger partial charge in [-0.2, -0.15) is 0 Å². The van der Waals surface area contributed by atoms with Crippen molar-refractivity contribution in [3.63, 3.8) is 0 Å². The minimum Gasteiger partial charge on any atom is -0.459 e. The minimum absolute atomic E-state index is 0.0158. The number of para-hydroxylation sites is 1. The average Bonchev–Trinajstić information content (AvgIpc) is 2.94. The fraction of sp³-hybridized carbons (Fsp3) is 0.294. The highest BCUT2D eigenvalue weighted by molar-refractivity contribution is 5.81. The van der Waals surface area contributed by atoms with E-state index < -0.39 is 0 Å². The van der Waals surface area contributed by atoms with Gasteiger partial charge in [0.1, 0.15) is 17.7 Å². The maximum atomic E-state index is 6.09. The van der Waals surface area contributed by atoms with Crippen molar-refractivity contribution in [1.29, 1.82) is 0 Å². The molecule has 0 bridgehead atoms. The first kappa shape index (κ1) is 13.8. The molecule has 0 aliphatic carbocycles. The summed E-state index contributed by atoms with van der Waals surface area (Å²) in [5, 5.41) is 4.64. The number of nitrogens with zero attached hydrogens (tertiary/aromatic N) is 2. The molecule has 0 aliphatic rings. The zero-order valence-electron chi connectivity index (χ0n) is 12.3. The van der Waals surface area contributed by atoms with Gasteiger partial charge in [-0.05, 0) is 31.5 Å². The number of hydrogen-bond acceptors (Lipinski definition) is 4. The molecule has 3 aromatic rings. The van der Waals surface area contributed by atoms with Crippen LogP contribution in [0, 0.1) is 6.92 Å². The summed E-state index contributed by atoms with van der Waals surface area (Å²) in [6, 6.07) is 8.28. The second-order valence-electron chi connectivity index (χ2n) is 5.20. The van der Waals surface area contributed by atoms with Crippen molar-refractivity contribution in [2.24, 2.45) is 0 Å². The highest BCUT2D eigenvalue weighted by Crippen LogP contribution is 2.29. The van der Waals surface area contributed by atoms with Gasteiger partial charge in [0.2, 0.25) is 0 Å². The number of nitrogens with one attached hydrogen (secondary N) is 1. The Balaban J connectivity index is 2.03. The van der Waals surface area contributed by atoms with Crippen molar-refractivity contribution < 1.29 is 4.42 Å². The third kappa shape index (κ3) is 2.81. The van der Waals surface area contributed by atoms with Crippen molar-refractivity contribution >= 4 is 11.0 Å². The summed E-state index contributed by atoms with van der Waals surface area (Å²) in [5.41, 5.74) is 3.12. The molecule has 0 saturated carbocycles. The fourth-order valence-corrected chi connectivity index (χ4v) is 2.50. The second-order valence-corrected chi connectivity index (χ2v) is 5.20. The van der Waals surface area contributed by atoms with Crippen molar-refractivity contribution in [3.8, 4) is 0 Å². The zero-order chi connectivity index (χ0) is 14.7. The smallest absolute Gasteiger partial charge is 0.137 e. The lowest BCUT2D eigenvalue weighted by atomic mass is 10.1. The largest absolute Gasteiger partial charge is 0.459 e. The van der Waals surface area contributed by atoms with Gasteiger partial charge in [-0.1, -0.05) is 25.1 Å². The third-order valence-corrected chi connectivity index (χ3v) is 3.56. The van der Waals surface area contributed by atoms with Crippen LogP contribution in [0.1, 0.15) is 36.3 Å². The summed E-state index contributed by atoms with van der Waals surface area (Å²) in [7, 11) is 0. The standard InChI is InChI=1S/C17H19N3O/c1-3-7-20-16(14-9-18-11-19-10-14)15-8-13-6-4-5-12(2)17(13)21-15/h4-6,8-11,16,20H,3,7H2,1-2H3. The molecule has 1 unspecified atom stereocenters. The first-order valence-electron chi connectivity index (χ1n) is 7.27. The highest BCUT2D eigenvalue weighted by Gasteiger charge is 2.19. The Hall–Kier alpha value is -2.20. The first-order chi connectivity index (χ1) is 10.3. The quantitative estimate of drug-likeness (QED) is 0.776. The maximum absolute atomic E-state index is 6.09. The normalized spacial score (nSPS) is 12.7. The number of hydrogen-bond donors (Lipinski definition) is 1. The zero-order valence-corrected chi connectivity index (χ0v) is 12.3. The van der Waals surface area contributed by atoms with Crippen LogP contribution < -0.4 is 5.32 Å². The van der Waals surface area contributed by atoms with Gasteiger partial charge in [0.15, 0.2) is 0 Å². The van der Waals surface area contributed by atoms with Crippen LogP contribution in [0.5, 0.6) is 0 Å². The molecule has 0 saturated heterocycles. The molecule has 1 N–H and O–H groups in total. The van der Waals surface area contributed by atoms with Crippen LogP contribution in [0.3, 0.4) is 0 Å². The summed E-state index contributed by atoms with van der Waals surface area (Å²) >= 11 is 0. The number of fused-ring (bicyclic) bond motifs is 1. The molecule has 0 spiro atoms. The highest BCUT2D eigenvalue weighted by atomic mass is 16.3. The first-order valence-corrected chi connectivity index (χ1v) is 7.27. The van der Waals surface area contributed by atoms with Crippen molar-refractivity contribution in [2.45, 2.75) is 26.3 Å². The Kier molecular flexibility index (Phi) is 3.97. The molecule has 4 heteroatoms. The van der Waals surface area contributed by atoms with E-state index in [2.05, 4.69) is 53.4 Å². The molecule has 1 aromatic carbocycles. The van der Waals surface area contributed by atoms with E-state index in [1.807, 2.05) is 12.4 Å². The SMILES string of the molecule is CCCNC(c1cncnc1)c1cc2cccc(C)c2o1. The van der Waals surface area contributed by atoms with Crippen LogP contribution >= 0.6 is 0 Å². The lowest BCUT2D eigenvalue weighted by Gasteiger charge is -2.15. The lowest BCUT2D eigenvalue weighted by Crippen LogP contribution is -2.23. The van der Waals surface area contributed by atoms with E-state index in [-0.39, 0.29) is 6.04 Å². The summed E-state index contributed by atoms with van der Waals surface area (Å²) < 4.78 is 6.09. The number of aryl methyl sites for hydroxylation is 1. The van der Waals surface area contributed by atoms with Crippen molar-refractivity contribution in [3.05, 3.63) is 59.9 Å². The van der Waals surface area contributed by atoms with Crippen LogP contribution in [0.15, 0.2) is 47.4 Å². The average molecular weight is 281 g/mol. The molecule has 108 valence electrons. The van der Waals surface area contributed by atoms with Gasteiger partial charge in [-0.3, -0.25) is 0 Å². The summed E-state index contributed by atoms with van der Waals surface area (Å²) in [6.07, 6.45) is 6.27. The Labute approximate surface area is 124 Å². The van der Waals surface area contributed by atoms with Crippen LogP contribution in [-0.4, -0.2) is 16.5 Å². The maximum Gasteiger partial charge on any atom is 0.137 e. The Morgan fingerprint density at radius 2 is 2.05 bits per heavy atom.